The molecule has 0 unspecified atom stereocenters. The number of β-amino-alcohol motifs (C(OH)–C–C–N with tert-alkyl or cyclic N) is 1. The van der Waals surface area contributed by atoms with E-state index in [0.29, 0.717) is 17.0 Å². The number of nitrogens with zero attached hydrogens (tertiary/aromatic N) is 2. The highest BCUT2D eigenvalue weighted by molar-refractivity contribution is 5.80. The summed E-state index contributed by atoms with van der Waals surface area (Å²) in [5.74, 6) is -0.903. The maximum Gasteiger partial charge on any atom is 0.227 e. The molecule has 128 valence electrons. The van der Waals surface area contributed by atoms with Crippen molar-refractivity contribution < 1.29 is 23.2 Å². The van der Waals surface area contributed by atoms with E-state index in [2.05, 4.69) is 5.16 Å². The highest BCUT2D eigenvalue weighted by Crippen LogP contribution is 2.34. The molecule has 3 rings (SSSR count). The SMILES string of the molecule is Cc1noc(C)c1CC(=O)N1C[C@@H](O)C[C@@H]1c1cc(F)ccc1F. The molecule has 1 saturated heterocycles. The average molecular weight is 336 g/mol. The van der Waals surface area contributed by atoms with Crippen LogP contribution in [0.1, 0.15) is 35.0 Å². The summed E-state index contributed by atoms with van der Waals surface area (Å²) in [7, 11) is 0. The van der Waals surface area contributed by atoms with Crippen LogP contribution in [0.5, 0.6) is 0 Å². The van der Waals surface area contributed by atoms with Gasteiger partial charge in [0.15, 0.2) is 0 Å². The van der Waals surface area contributed by atoms with Crippen molar-refractivity contribution in [2.24, 2.45) is 0 Å². The summed E-state index contributed by atoms with van der Waals surface area (Å²) in [5, 5.41) is 13.7. The molecule has 1 aromatic carbocycles. The molecule has 0 bridgehead atoms. The van der Waals surface area contributed by atoms with Crippen LogP contribution in [-0.2, 0) is 11.2 Å². The summed E-state index contributed by atoms with van der Waals surface area (Å²) in [6.45, 7) is 3.54. The van der Waals surface area contributed by atoms with Gasteiger partial charge in [-0.25, -0.2) is 8.78 Å². The van der Waals surface area contributed by atoms with Crippen molar-refractivity contribution in [2.75, 3.05) is 6.54 Å². The molecule has 0 saturated carbocycles. The third-order valence-corrected chi connectivity index (χ3v) is 4.43. The zero-order valence-corrected chi connectivity index (χ0v) is 13.4. The monoisotopic (exact) mass is 336 g/mol. The largest absolute Gasteiger partial charge is 0.391 e. The zero-order valence-electron chi connectivity index (χ0n) is 13.4. The molecule has 0 spiro atoms. The summed E-state index contributed by atoms with van der Waals surface area (Å²) in [6.07, 6.45) is -0.555. The van der Waals surface area contributed by atoms with Crippen LogP contribution >= 0.6 is 0 Å². The molecule has 1 N–H and O–H groups in total. The highest BCUT2D eigenvalue weighted by Gasteiger charge is 2.37. The molecule has 1 fully saturated rings. The van der Waals surface area contributed by atoms with Gasteiger partial charge in [-0.2, -0.15) is 0 Å². The molecule has 24 heavy (non-hydrogen) atoms. The average Bonchev–Trinajstić information content (AvgIpc) is 3.07. The quantitative estimate of drug-likeness (QED) is 0.935. The van der Waals surface area contributed by atoms with E-state index >= 15 is 0 Å². The maximum atomic E-state index is 14.1. The number of likely N-dealkylation sites (tertiary alicyclic amines) is 1. The van der Waals surface area contributed by atoms with Crippen molar-refractivity contribution in [3.05, 3.63) is 52.4 Å². The lowest BCUT2D eigenvalue weighted by molar-refractivity contribution is -0.131. The van der Waals surface area contributed by atoms with Gasteiger partial charge < -0.3 is 14.5 Å². The second-order valence-electron chi connectivity index (χ2n) is 6.10. The van der Waals surface area contributed by atoms with Crippen molar-refractivity contribution in [1.29, 1.82) is 0 Å². The van der Waals surface area contributed by atoms with Crippen LogP contribution in [0.3, 0.4) is 0 Å². The first kappa shape index (κ1) is 16.6. The van der Waals surface area contributed by atoms with Gasteiger partial charge in [-0.05, 0) is 38.5 Å². The Hall–Kier alpha value is -2.28. The van der Waals surface area contributed by atoms with Gasteiger partial charge in [0.2, 0.25) is 5.91 Å². The molecule has 0 radical (unpaired) electrons. The lowest BCUT2D eigenvalue weighted by Gasteiger charge is -2.25. The van der Waals surface area contributed by atoms with Crippen molar-refractivity contribution in [3.8, 4) is 0 Å². The standard InChI is InChI=1S/C17H18F2N2O3/c1-9-13(10(2)24-20-9)7-17(23)21-8-12(22)6-16(21)14-5-11(18)3-4-15(14)19/h3-5,12,16,22H,6-8H2,1-2H3/t12-,16+/m0/s1. The molecule has 1 aromatic heterocycles. The minimum Gasteiger partial charge on any atom is -0.391 e. The fraction of sp³-hybridized carbons (Fsp3) is 0.412. The molecule has 5 nitrogen and oxygen atoms in total. The predicted octanol–water partition coefficient (Wildman–Crippen LogP) is 2.45. The molecule has 2 aromatic rings. The summed E-state index contributed by atoms with van der Waals surface area (Å²) < 4.78 is 32.6. The number of halogens is 2. The van der Waals surface area contributed by atoms with E-state index in [1.54, 1.807) is 13.8 Å². The molecule has 7 heteroatoms. The molecular weight excluding hydrogens is 318 g/mol. The number of benzene rings is 1. The smallest absolute Gasteiger partial charge is 0.227 e. The van der Waals surface area contributed by atoms with Crippen LogP contribution in [0, 0.1) is 25.5 Å². The highest BCUT2D eigenvalue weighted by atomic mass is 19.1. The Labute approximate surface area is 137 Å². The summed E-state index contributed by atoms with van der Waals surface area (Å²) in [4.78, 5) is 14.1. The second kappa shape index (κ2) is 6.32. The minimum atomic E-state index is -0.772. The molecule has 1 aliphatic heterocycles. The van der Waals surface area contributed by atoms with Crippen molar-refractivity contribution in [1.82, 2.24) is 10.1 Å². The second-order valence-corrected chi connectivity index (χ2v) is 6.10. The van der Waals surface area contributed by atoms with E-state index in [9.17, 15) is 18.7 Å². The minimum absolute atomic E-state index is 0.0430. The van der Waals surface area contributed by atoms with Crippen molar-refractivity contribution in [3.63, 3.8) is 0 Å². The Bertz CT molecular complexity index is 756. The third-order valence-electron chi connectivity index (χ3n) is 4.43. The molecule has 2 atom stereocenters. The van der Waals surface area contributed by atoms with Crippen LogP contribution in [0.15, 0.2) is 22.7 Å². The van der Waals surface area contributed by atoms with Gasteiger partial charge in [0.05, 0.1) is 24.3 Å². The Balaban J connectivity index is 1.88. The van der Waals surface area contributed by atoms with E-state index < -0.39 is 23.8 Å². The summed E-state index contributed by atoms with van der Waals surface area (Å²) in [6, 6.07) is 2.45. The molecule has 1 aliphatic rings. The zero-order chi connectivity index (χ0) is 17.4. The van der Waals surface area contributed by atoms with Crippen LogP contribution in [0.4, 0.5) is 8.78 Å². The van der Waals surface area contributed by atoms with Gasteiger partial charge in [0.25, 0.3) is 0 Å². The van der Waals surface area contributed by atoms with Crippen molar-refractivity contribution >= 4 is 5.91 Å². The number of hydrogen-bond donors (Lipinski definition) is 1. The van der Waals surface area contributed by atoms with Crippen LogP contribution in [0.25, 0.3) is 0 Å². The first-order valence-corrected chi connectivity index (χ1v) is 7.71. The maximum absolute atomic E-state index is 14.1. The Morgan fingerprint density at radius 3 is 2.83 bits per heavy atom. The lowest BCUT2D eigenvalue weighted by Crippen LogP contribution is -2.33. The van der Waals surface area contributed by atoms with Gasteiger partial charge >= 0.3 is 0 Å². The van der Waals surface area contributed by atoms with Gasteiger partial charge in [0.1, 0.15) is 17.4 Å². The van der Waals surface area contributed by atoms with Gasteiger partial charge in [-0.1, -0.05) is 5.16 Å². The first-order valence-electron chi connectivity index (χ1n) is 7.71. The number of aryl methyl sites for hydroxylation is 2. The number of carbonyl (C=O) groups is 1. The Morgan fingerprint density at radius 2 is 2.17 bits per heavy atom. The predicted molar refractivity (Wildman–Crippen MR) is 81.1 cm³/mol. The number of aliphatic hydroxyl groups excluding tert-OH is 1. The van der Waals surface area contributed by atoms with Crippen LogP contribution in [-0.4, -0.2) is 33.7 Å². The number of hydrogen-bond acceptors (Lipinski definition) is 4. The summed E-state index contributed by atoms with van der Waals surface area (Å²) >= 11 is 0. The Kier molecular flexibility index (Phi) is 4.36. The van der Waals surface area contributed by atoms with Gasteiger partial charge in [0, 0.05) is 17.7 Å². The fourth-order valence-corrected chi connectivity index (χ4v) is 3.16. The number of rotatable bonds is 3. The van der Waals surface area contributed by atoms with E-state index in [1.807, 2.05) is 0 Å². The molecule has 1 amide bonds. The van der Waals surface area contributed by atoms with Crippen LogP contribution < -0.4 is 0 Å². The number of carbonyl (C=O) groups excluding carboxylic acids is 1. The van der Waals surface area contributed by atoms with E-state index in [4.69, 9.17) is 4.52 Å². The number of aromatic nitrogens is 1. The first-order chi connectivity index (χ1) is 11.4. The molecule has 2 heterocycles. The van der Waals surface area contributed by atoms with Crippen molar-refractivity contribution in [2.45, 2.75) is 38.8 Å². The molecule has 0 aliphatic carbocycles. The van der Waals surface area contributed by atoms with Gasteiger partial charge in [-0.15, -0.1) is 0 Å². The third kappa shape index (κ3) is 3.03. The van der Waals surface area contributed by atoms with E-state index in [-0.39, 0.29) is 30.9 Å². The van der Waals surface area contributed by atoms with E-state index in [0.717, 1.165) is 18.2 Å². The Morgan fingerprint density at radius 1 is 1.42 bits per heavy atom. The van der Waals surface area contributed by atoms with Gasteiger partial charge in [-0.3, -0.25) is 4.79 Å². The fourth-order valence-electron chi connectivity index (χ4n) is 3.16. The molecular formula is C17H18F2N2O3. The summed E-state index contributed by atoms with van der Waals surface area (Å²) in [5.41, 5.74) is 1.38. The normalized spacial score (nSPS) is 20.6. The lowest BCUT2D eigenvalue weighted by atomic mass is 10.0. The number of amides is 1. The number of aliphatic hydroxyl groups is 1. The van der Waals surface area contributed by atoms with E-state index in [1.165, 1.54) is 4.90 Å². The van der Waals surface area contributed by atoms with Crippen LogP contribution in [0.2, 0.25) is 0 Å². The topological polar surface area (TPSA) is 66.6 Å².